The maximum atomic E-state index is 6.63. The van der Waals surface area contributed by atoms with Gasteiger partial charge in [0.25, 0.3) is 0 Å². The van der Waals surface area contributed by atoms with E-state index >= 15 is 0 Å². The second-order valence-corrected chi connectivity index (χ2v) is 6.69. The summed E-state index contributed by atoms with van der Waals surface area (Å²) in [7, 11) is 0. The maximum Gasteiger partial charge on any atom is 0.0441 e. The van der Waals surface area contributed by atoms with Crippen molar-refractivity contribution < 1.29 is 0 Å². The lowest BCUT2D eigenvalue weighted by molar-refractivity contribution is 0.194. The molecule has 2 N–H and O–H groups in total. The number of hydrogen-bond acceptors (Lipinski definition) is 1. The van der Waals surface area contributed by atoms with Gasteiger partial charge < -0.3 is 5.73 Å². The minimum absolute atomic E-state index is 0.119. The predicted molar refractivity (Wildman–Crippen MR) is 89.8 cm³/mol. The molecule has 0 bridgehead atoms. The van der Waals surface area contributed by atoms with Gasteiger partial charge in [0, 0.05) is 16.5 Å². The van der Waals surface area contributed by atoms with Gasteiger partial charge in [0.1, 0.15) is 0 Å². The first-order chi connectivity index (χ1) is 10.1. The van der Waals surface area contributed by atoms with Crippen LogP contribution in [0.3, 0.4) is 0 Å². The van der Waals surface area contributed by atoms with Crippen molar-refractivity contribution in [3.8, 4) is 0 Å². The molecule has 0 amide bonds. The lowest BCUT2D eigenvalue weighted by Crippen LogP contribution is -2.51. The molecule has 0 heterocycles. The Bertz CT molecular complexity index is 617. The zero-order valence-corrected chi connectivity index (χ0v) is 13.2. The molecule has 2 aromatic rings. The molecule has 1 fully saturated rings. The van der Waals surface area contributed by atoms with E-state index in [0.717, 1.165) is 17.0 Å². The smallest absolute Gasteiger partial charge is 0.0441 e. The van der Waals surface area contributed by atoms with Crippen LogP contribution < -0.4 is 5.73 Å². The summed E-state index contributed by atoms with van der Waals surface area (Å²) < 4.78 is 0. The maximum absolute atomic E-state index is 6.63. The molecule has 0 aromatic heterocycles. The minimum atomic E-state index is 0.119. The summed E-state index contributed by atoms with van der Waals surface area (Å²) in [5.41, 5.74) is 10.5. The molecule has 21 heavy (non-hydrogen) atoms. The fourth-order valence-electron chi connectivity index (χ4n) is 3.45. The summed E-state index contributed by atoms with van der Waals surface area (Å²) in [6, 6.07) is 17.1. The number of rotatable bonds is 4. The van der Waals surface area contributed by atoms with E-state index in [2.05, 4.69) is 49.4 Å². The number of aryl methyl sites for hydroxylation is 1. The van der Waals surface area contributed by atoms with Crippen LogP contribution in [0.25, 0.3) is 0 Å². The SMILES string of the molecule is Cc1ccc(CC(N)C2(c3ccccc3)CCC2)c(Cl)c1. The quantitative estimate of drug-likeness (QED) is 0.874. The average molecular weight is 300 g/mol. The van der Waals surface area contributed by atoms with Crippen LogP contribution in [-0.2, 0) is 11.8 Å². The third-order valence-corrected chi connectivity index (χ3v) is 5.30. The molecule has 1 nitrogen and oxygen atoms in total. The highest BCUT2D eigenvalue weighted by Gasteiger charge is 2.43. The molecule has 1 unspecified atom stereocenters. The van der Waals surface area contributed by atoms with Crippen LogP contribution >= 0.6 is 11.6 Å². The summed E-state index contributed by atoms with van der Waals surface area (Å²) in [5, 5.41) is 0.841. The minimum Gasteiger partial charge on any atom is -0.327 e. The molecule has 2 heteroatoms. The highest BCUT2D eigenvalue weighted by atomic mass is 35.5. The van der Waals surface area contributed by atoms with Gasteiger partial charge in [-0.1, -0.05) is 60.5 Å². The van der Waals surface area contributed by atoms with Crippen LogP contribution in [0.5, 0.6) is 0 Å². The van der Waals surface area contributed by atoms with Gasteiger partial charge in [0.2, 0.25) is 0 Å². The summed E-state index contributed by atoms with van der Waals surface area (Å²) in [4.78, 5) is 0. The van der Waals surface area contributed by atoms with E-state index in [-0.39, 0.29) is 11.5 Å². The van der Waals surface area contributed by atoms with Crippen LogP contribution in [0.1, 0.15) is 36.0 Å². The van der Waals surface area contributed by atoms with Gasteiger partial charge in [-0.2, -0.15) is 0 Å². The van der Waals surface area contributed by atoms with Crippen molar-refractivity contribution in [2.24, 2.45) is 5.73 Å². The van der Waals surface area contributed by atoms with Crippen LogP contribution in [0.15, 0.2) is 48.5 Å². The number of nitrogens with two attached hydrogens (primary N) is 1. The van der Waals surface area contributed by atoms with E-state index in [9.17, 15) is 0 Å². The Morgan fingerprint density at radius 3 is 2.43 bits per heavy atom. The monoisotopic (exact) mass is 299 g/mol. The molecule has 110 valence electrons. The normalized spacial score (nSPS) is 18.0. The Balaban J connectivity index is 1.85. The third-order valence-electron chi connectivity index (χ3n) is 4.95. The lowest BCUT2D eigenvalue weighted by Gasteiger charge is -2.47. The summed E-state index contributed by atoms with van der Waals surface area (Å²) in [5.74, 6) is 0. The molecule has 0 radical (unpaired) electrons. The molecule has 1 aliphatic rings. The van der Waals surface area contributed by atoms with Crippen molar-refractivity contribution in [3.05, 3.63) is 70.2 Å². The molecule has 0 saturated heterocycles. The van der Waals surface area contributed by atoms with Gasteiger partial charge in [0.05, 0.1) is 0 Å². The third kappa shape index (κ3) is 2.73. The highest BCUT2D eigenvalue weighted by molar-refractivity contribution is 6.31. The predicted octanol–water partition coefficient (Wildman–Crippen LogP) is 4.64. The second-order valence-electron chi connectivity index (χ2n) is 6.28. The molecular weight excluding hydrogens is 278 g/mol. The fraction of sp³-hybridized carbons (Fsp3) is 0.368. The van der Waals surface area contributed by atoms with Gasteiger partial charge in [-0.25, -0.2) is 0 Å². The first kappa shape index (κ1) is 14.6. The van der Waals surface area contributed by atoms with Crippen LogP contribution in [0, 0.1) is 6.92 Å². The van der Waals surface area contributed by atoms with Gasteiger partial charge in [-0.15, -0.1) is 0 Å². The standard InChI is InChI=1S/C19H22ClN/c1-14-8-9-15(17(20)12-14)13-18(21)19(10-5-11-19)16-6-3-2-4-7-16/h2-4,6-9,12,18H,5,10-11,13,21H2,1H3. The zero-order valence-electron chi connectivity index (χ0n) is 12.5. The van der Waals surface area contributed by atoms with Crippen molar-refractivity contribution in [1.29, 1.82) is 0 Å². The molecule has 1 aliphatic carbocycles. The Morgan fingerprint density at radius 1 is 1.14 bits per heavy atom. The average Bonchev–Trinajstić information content (AvgIpc) is 2.42. The Hall–Kier alpha value is -1.31. The van der Waals surface area contributed by atoms with Gasteiger partial charge >= 0.3 is 0 Å². The first-order valence-corrected chi connectivity index (χ1v) is 8.06. The van der Waals surface area contributed by atoms with Gasteiger partial charge in [0.15, 0.2) is 0 Å². The van der Waals surface area contributed by atoms with E-state index in [1.54, 1.807) is 0 Å². The van der Waals surface area contributed by atoms with Crippen molar-refractivity contribution in [2.45, 2.75) is 44.1 Å². The highest BCUT2D eigenvalue weighted by Crippen LogP contribution is 2.46. The van der Waals surface area contributed by atoms with Crippen LogP contribution in [0.4, 0.5) is 0 Å². The topological polar surface area (TPSA) is 26.0 Å². The fourth-order valence-corrected chi connectivity index (χ4v) is 3.76. The molecule has 3 rings (SSSR count). The number of benzene rings is 2. The molecule has 0 aliphatic heterocycles. The Kier molecular flexibility index (Phi) is 4.05. The van der Waals surface area contributed by atoms with E-state index in [1.807, 2.05) is 6.07 Å². The largest absolute Gasteiger partial charge is 0.327 e. The summed E-state index contributed by atoms with van der Waals surface area (Å²) >= 11 is 6.38. The van der Waals surface area contributed by atoms with E-state index < -0.39 is 0 Å². The van der Waals surface area contributed by atoms with E-state index in [1.165, 1.54) is 30.4 Å². The van der Waals surface area contributed by atoms with Crippen LogP contribution in [-0.4, -0.2) is 6.04 Å². The zero-order chi connectivity index (χ0) is 14.9. The molecule has 2 aromatic carbocycles. The molecule has 1 saturated carbocycles. The lowest BCUT2D eigenvalue weighted by atomic mass is 9.59. The van der Waals surface area contributed by atoms with E-state index in [4.69, 9.17) is 17.3 Å². The van der Waals surface area contributed by atoms with Crippen molar-refractivity contribution >= 4 is 11.6 Å². The van der Waals surface area contributed by atoms with E-state index in [0.29, 0.717) is 0 Å². The second kappa shape index (κ2) is 5.82. The van der Waals surface area contributed by atoms with Gasteiger partial charge in [-0.05, 0) is 48.9 Å². The molecule has 0 spiro atoms. The molecule has 1 atom stereocenters. The first-order valence-electron chi connectivity index (χ1n) is 7.68. The van der Waals surface area contributed by atoms with Crippen molar-refractivity contribution in [1.82, 2.24) is 0 Å². The Morgan fingerprint density at radius 2 is 1.86 bits per heavy atom. The molecular formula is C19H22ClN. The van der Waals surface area contributed by atoms with Gasteiger partial charge in [-0.3, -0.25) is 0 Å². The van der Waals surface area contributed by atoms with Crippen molar-refractivity contribution in [2.75, 3.05) is 0 Å². The summed E-state index contributed by atoms with van der Waals surface area (Å²) in [6.45, 7) is 2.06. The Labute approximate surface area is 132 Å². The number of halogens is 1. The number of hydrogen-bond donors (Lipinski definition) is 1. The summed E-state index contributed by atoms with van der Waals surface area (Å²) in [6.07, 6.45) is 4.47. The van der Waals surface area contributed by atoms with Crippen LogP contribution in [0.2, 0.25) is 5.02 Å². The van der Waals surface area contributed by atoms with Crippen molar-refractivity contribution in [3.63, 3.8) is 0 Å².